The Labute approximate surface area is 144 Å². The summed E-state index contributed by atoms with van der Waals surface area (Å²) in [4.78, 5) is 15.1. The van der Waals surface area contributed by atoms with Gasteiger partial charge >= 0.3 is 0 Å². The van der Waals surface area contributed by atoms with Gasteiger partial charge in [-0.05, 0) is 19.9 Å². The van der Waals surface area contributed by atoms with Gasteiger partial charge in [-0.1, -0.05) is 12.1 Å². The first kappa shape index (κ1) is 16.8. The number of benzene rings is 1. The quantitative estimate of drug-likeness (QED) is 0.545. The van der Waals surface area contributed by atoms with Crippen molar-refractivity contribution in [3.05, 3.63) is 58.0 Å². The third-order valence-corrected chi connectivity index (χ3v) is 4.09. The molecule has 0 saturated carbocycles. The fraction of sp³-hybridized carbons (Fsp3) is 0.294. The predicted octanol–water partition coefficient (Wildman–Crippen LogP) is 2.50. The van der Waals surface area contributed by atoms with Gasteiger partial charge < -0.3 is 10.4 Å². The Bertz CT molecular complexity index is 949. The third kappa shape index (κ3) is 3.29. The monoisotopic (exact) mass is 341 g/mol. The van der Waals surface area contributed by atoms with Crippen molar-refractivity contribution in [3.63, 3.8) is 0 Å². The largest absolute Gasteiger partial charge is 0.383 e. The average Bonchev–Trinajstić information content (AvgIpc) is 2.99. The number of nitrogens with zero attached hydrogens (tertiary/aromatic N) is 4. The van der Waals surface area contributed by atoms with Crippen molar-refractivity contribution < 1.29 is 10.0 Å². The number of para-hydroxylation sites is 1. The van der Waals surface area contributed by atoms with Gasteiger partial charge in [0.15, 0.2) is 5.52 Å². The molecule has 0 aliphatic heterocycles. The van der Waals surface area contributed by atoms with E-state index in [1.807, 2.05) is 6.07 Å². The number of hydrogen-bond donors (Lipinski definition) is 2. The number of aryl methyl sites for hydroxylation is 2. The molecule has 1 atom stereocenters. The zero-order valence-corrected chi connectivity index (χ0v) is 14.2. The molecule has 8 heteroatoms. The Morgan fingerprint density at radius 3 is 2.84 bits per heavy atom. The summed E-state index contributed by atoms with van der Waals surface area (Å²) in [5.41, 5.74) is 1.18. The van der Waals surface area contributed by atoms with E-state index in [9.17, 15) is 15.2 Å². The number of fused-ring (bicyclic) bond motifs is 1. The number of aliphatic hydroxyl groups is 1. The molecule has 0 radical (unpaired) electrons. The molecular formula is C17H19N5O3. The SMILES string of the molecule is Cc1cc(NCC(C)(O)c2cnn(C)c2)c2cccc([N+](=O)[O-])c2n1. The van der Waals surface area contributed by atoms with Gasteiger partial charge in [0.05, 0.1) is 11.1 Å². The van der Waals surface area contributed by atoms with E-state index in [0.29, 0.717) is 27.8 Å². The summed E-state index contributed by atoms with van der Waals surface area (Å²) in [7, 11) is 1.78. The van der Waals surface area contributed by atoms with Crippen LogP contribution < -0.4 is 5.32 Å². The van der Waals surface area contributed by atoms with Gasteiger partial charge in [0.25, 0.3) is 5.69 Å². The molecular weight excluding hydrogens is 322 g/mol. The third-order valence-electron chi connectivity index (χ3n) is 4.09. The molecule has 25 heavy (non-hydrogen) atoms. The molecule has 2 N–H and O–H groups in total. The number of non-ortho nitro benzene ring substituents is 1. The molecule has 3 aromatic rings. The molecule has 0 aliphatic rings. The van der Waals surface area contributed by atoms with Crippen LogP contribution in [0.15, 0.2) is 36.7 Å². The minimum Gasteiger partial charge on any atom is -0.383 e. The molecule has 2 heterocycles. The van der Waals surface area contributed by atoms with E-state index >= 15 is 0 Å². The van der Waals surface area contributed by atoms with E-state index in [0.717, 1.165) is 0 Å². The van der Waals surface area contributed by atoms with Crippen molar-refractivity contribution in [2.75, 3.05) is 11.9 Å². The Kier molecular flexibility index (Phi) is 4.13. The number of hydrogen-bond acceptors (Lipinski definition) is 6. The Morgan fingerprint density at radius 1 is 1.44 bits per heavy atom. The topological polar surface area (TPSA) is 106 Å². The maximum atomic E-state index is 11.2. The fourth-order valence-electron chi connectivity index (χ4n) is 2.72. The second-order valence-electron chi connectivity index (χ2n) is 6.27. The average molecular weight is 341 g/mol. The maximum Gasteiger partial charge on any atom is 0.295 e. The molecule has 0 aliphatic carbocycles. The zero-order valence-electron chi connectivity index (χ0n) is 14.2. The summed E-state index contributed by atoms with van der Waals surface area (Å²) in [6.07, 6.45) is 3.37. The number of nitro groups is 1. The highest BCUT2D eigenvalue weighted by molar-refractivity contribution is 5.96. The molecule has 0 fully saturated rings. The van der Waals surface area contributed by atoms with Crippen molar-refractivity contribution in [3.8, 4) is 0 Å². The molecule has 0 spiro atoms. The zero-order chi connectivity index (χ0) is 18.2. The summed E-state index contributed by atoms with van der Waals surface area (Å²) in [5, 5.41) is 29.9. The lowest BCUT2D eigenvalue weighted by Crippen LogP contribution is -2.30. The van der Waals surface area contributed by atoms with Gasteiger partial charge in [-0.2, -0.15) is 5.10 Å². The van der Waals surface area contributed by atoms with Crippen LogP contribution in [-0.4, -0.2) is 31.3 Å². The Morgan fingerprint density at radius 2 is 2.20 bits per heavy atom. The van der Waals surface area contributed by atoms with Crippen LogP contribution in [0, 0.1) is 17.0 Å². The number of pyridine rings is 1. The molecule has 8 nitrogen and oxygen atoms in total. The first-order valence-corrected chi connectivity index (χ1v) is 7.78. The van der Waals surface area contributed by atoms with Gasteiger partial charge in [0.1, 0.15) is 5.60 Å². The van der Waals surface area contributed by atoms with E-state index in [-0.39, 0.29) is 12.2 Å². The van der Waals surface area contributed by atoms with Crippen molar-refractivity contribution >= 4 is 22.3 Å². The van der Waals surface area contributed by atoms with Crippen molar-refractivity contribution in [1.82, 2.24) is 14.8 Å². The van der Waals surface area contributed by atoms with Crippen molar-refractivity contribution in [2.45, 2.75) is 19.4 Å². The second kappa shape index (κ2) is 6.14. The highest BCUT2D eigenvalue weighted by atomic mass is 16.6. The summed E-state index contributed by atoms with van der Waals surface area (Å²) >= 11 is 0. The van der Waals surface area contributed by atoms with E-state index < -0.39 is 10.5 Å². The molecule has 1 unspecified atom stereocenters. The van der Waals surface area contributed by atoms with E-state index in [1.54, 1.807) is 50.1 Å². The smallest absolute Gasteiger partial charge is 0.295 e. The molecule has 1 aromatic carbocycles. The number of anilines is 1. The van der Waals surface area contributed by atoms with E-state index in [1.165, 1.54) is 6.07 Å². The van der Waals surface area contributed by atoms with Crippen LogP contribution in [0.1, 0.15) is 18.2 Å². The lowest BCUT2D eigenvalue weighted by molar-refractivity contribution is -0.383. The lowest BCUT2D eigenvalue weighted by atomic mass is 9.99. The Hall–Kier alpha value is -3.00. The van der Waals surface area contributed by atoms with Gasteiger partial charge in [0.2, 0.25) is 0 Å². The number of rotatable bonds is 5. The summed E-state index contributed by atoms with van der Waals surface area (Å²) in [6, 6.07) is 6.65. The molecule has 0 saturated heterocycles. The second-order valence-corrected chi connectivity index (χ2v) is 6.27. The van der Waals surface area contributed by atoms with Crippen LogP contribution >= 0.6 is 0 Å². The normalized spacial score (nSPS) is 13.6. The minimum atomic E-state index is -1.14. The summed E-state index contributed by atoms with van der Waals surface area (Å²) < 4.78 is 1.62. The Balaban J connectivity index is 1.96. The van der Waals surface area contributed by atoms with E-state index in [4.69, 9.17) is 0 Å². The molecule has 3 rings (SSSR count). The van der Waals surface area contributed by atoms with Crippen LogP contribution in [0.5, 0.6) is 0 Å². The molecule has 0 bridgehead atoms. The molecule has 130 valence electrons. The number of nitrogens with one attached hydrogen (secondary N) is 1. The summed E-state index contributed by atoms with van der Waals surface area (Å²) in [6.45, 7) is 3.69. The van der Waals surface area contributed by atoms with Crippen LogP contribution in [0.3, 0.4) is 0 Å². The molecule has 0 amide bonds. The summed E-state index contributed by atoms with van der Waals surface area (Å²) in [5.74, 6) is 0. The number of nitro benzene ring substituents is 1. The van der Waals surface area contributed by atoms with E-state index in [2.05, 4.69) is 15.4 Å². The highest BCUT2D eigenvalue weighted by Crippen LogP contribution is 2.30. The van der Waals surface area contributed by atoms with Crippen molar-refractivity contribution in [2.24, 2.45) is 7.05 Å². The predicted molar refractivity (Wildman–Crippen MR) is 94.4 cm³/mol. The van der Waals surface area contributed by atoms with Gasteiger partial charge in [-0.25, -0.2) is 4.98 Å². The first-order chi connectivity index (χ1) is 11.8. The number of aromatic nitrogens is 3. The minimum absolute atomic E-state index is 0.0386. The van der Waals surface area contributed by atoms with Gasteiger partial charge in [-0.3, -0.25) is 14.8 Å². The maximum absolute atomic E-state index is 11.2. The van der Waals surface area contributed by atoms with Gasteiger partial charge in [-0.15, -0.1) is 0 Å². The highest BCUT2D eigenvalue weighted by Gasteiger charge is 2.25. The van der Waals surface area contributed by atoms with Crippen LogP contribution in [-0.2, 0) is 12.6 Å². The van der Waals surface area contributed by atoms with Crippen LogP contribution in [0.25, 0.3) is 10.9 Å². The lowest BCUT2D eigenvalue weighted by Gasteiger charge is -2.23. The fourth-order valence-corrected chi connectivity index (χ4v) is 2.72. The standard InChI is InChI=1S/C17H19N5O3/c1-11-7-14(13-5-4-6-15(22(24)25)16(13)20-11)18-10-17(2,23)12-8-19-21(3)9-12/h4-9,23H,10H2,1-3H3,(H,18,20). The first-order valence-electron chi connectivity index (χ1n) is 7.78. The molecule has 2 aromatic heterocycles. The van der Waals surface area contributed by atoms with Gasteiger partial charge in [0, 0.05) is 48.2 Å². The van der Waals surface area contributed by atoms with Crippen molar-refractivity contribution in [1.29, 1.82) is 0 Å². The van der Waals surface area contributed by atoms with Crippen LogP contribution in [0.2, 0.25) is 0 Å². The van der Waals surface area contributed by atoms with Crippen LogP contribution in [0.4, 0.5) is 11.4 Å².